The van der Waals surface area contributed by atoms with Gasteiger partial charge in [-0.15, -0.1) is 0 Å². The van der Waals surface area contributed by atoms with Crippen LogP contribution in [0.25, 0.3) is 0 Å². The molecule has 0 saturated carbocycles. The lowest BCUT2D eigenvalue weighted by molar-refractivity contribution is 0.272. The summed E-state index contributed by atoms with van der Waals surface area (Å²) in [6.07, 6.45) is 0.379. The van der Waals surface area contributed by atoms with Crippen LogP contribution >= 0.6 is 15.9 Å². The van der Waals surface area contributed by atoms with Crippen LogP contribution in [0.2, 0.25) is 0 Å². The number of nitrogens with two attached hydrogens (primary N) is 1. The highest BCUT2D eigenvalue weighted by atomic mass is 79.9. The van der Waals surface area contributed by atoms with Crippen LogP contribution in [-0.4, -0.2) is 6.54 Å². The molecule has 0 radical (unpaired) electrons. The van der Waals surface area contributed by atoms with Crippen LogP contribution in [0.15, 0.2) is 34.8 Å². The first-order valence-corrected chi connectivity index (χ1v) is 7.06. The van der Waals surface area contributed by atoms with Gasteiger partial charge in [0, 0.05) is 5.56 Å². The van der Waals surface area contributed by atoms with E-state index in [-0.39, 0.29) is 11.1 Å². The highest BCUT2D eigenvalue weighted by molar-refractivity contribution is 9.10. The molecule has 21 heavy (non-hydrogen) atoms. The molecule has 0 atom stereocenters. The molecule has 0 heterocycles. The first-order valence-electron chi connectivity index (χ1n) is 6.26. The maximum absolute atomic E-state index is 13.8. The van der Waals surface area contributed by atoms with Crippen LogP contribution in [0.3, 0.4) is 0 Å². The summed E-state index contributed by atoms with van der Waals surface area (Å²) in [6.45, 7) is 0.151. The van der Waals surface area contributed by atoms with Gasteiger partial charge in [-0.25, -0.2) is 13.2 Å². The molecular formula is C15H13BrF3NO. The van der Waals surface area contributed by atoms with Crippen molar-refractivity contribution >= 4 is 15.9 Å². The third-order valence-corrected chi connectivity index (χ3v) is 3.78. The fourth-order valence-corrected chi connectivity index (χ4v) is 2.25. The molecule has 2 aromatic rings. The standard InChI is InChI=1S/C15H13BrF3NO/c16-14-10(2-1-3-11(14)17)8-21-15-12(18)6-9(4-5-20)7-13(15)19/h1-3,6-7H,4-5,8,20H2. The van der Waals surface area contributed by atoms with Gasteiger partial charge < -0.3 is 10.5 Å². The van der Waals surface area contributed by atoms with Gasteiger partial charge >= 0.3 is 0 Å². The molecule has 0 unspecified atom stereocenters. The van der Waals surface area contributed by atoms with Gasteiger partial charge in [0.05, 0.1) is 4.47 Å². The van der Waals surface area contributed by atoms with Crippen molar-refractivity contribution in [2.45, 2.75) is 13.0 Å². The van der Waals surface area contributed by atoms with E-state index >= 15 is 0 Å². The molecule has 0 aromatic heterocycles. The second-order valence-electron chi connectivity index (χ2n) is 4.43. The molecule has 2 N–H and O–H groups in total. The fourth-order valence-electron chi connectivity index (χ4n) is 1.87. The Bertz CT molecular complexity index is 626. The predicted molar refractivity (Wildman–Crippen MR) is 77.5 cm³/mol. The third-order valence-electron chi connectivity index (χ3n) is 2.89. The normalized spacial score (nSPS) is 10.7. The maximum Gasteiger partial charge on any atom is 0.191 e. The number of hydrogen-bond acceptors (Lipinski definition) is 2. The molecule has 0 bridgehead atoms. The van der Waals surface area contributed by atoms with Gasteiger partial charge in [-0.1, -0.05) is 12.1 Å². The zero-order chi connectivity index (χ0) is 15.4. The summed E-state index contributed by atoms with van der Waals surface area (Å²) in [4.78, 5) is 0. The lowest BCUT2D eigenvalue weighted by Gasteiger charge is -2.11. The van der Waals surface area contributed by atoms with Gasteiger partial charge in [-0.05, 0) is 52.7 Å². The van der Waals surface area contributed by atoms with E-state index in [0.29, 0.717) is 24.1 Å². The predicted octanol–water partition coefficient (Wildman–Crippen LogP) is 3.95. The molecule has 2 rings (SSSR count). The van der Waals surface area contributed by atoms with E-state index in [1.54, 1.807) is 6.07 Å². The van der Waals surface area contributed by atoms with Gasteiger partial charge in [0.1, 0.15) is 12.4 Å². The highest BCUT2D eigenvalue weighted by Crippen LogP contribution is 2.26. The zero-order valence-electron chi connectivity index (χ0n) is 11.0. The van der Waals surface area contributed by atoms with E-state index in [1.165, 1.54) is 24.3 Å². The summed E-state index contributed by atoms with van der Waals surface area (Å²) >= 11 is 3.07. The average Bonchev–Trinajstić information content (AvgIpc) is 2.42. The second kappa shape index (κ2) is 6.95. The molecule has 0 aliphatic carbocycles. The second-order valence-corrected chi connectivity index (χ2v) is 5.22. The van der Waals surface area contributed by atoms with Crippen molar-refractivity contribution in [3.63, 3.8) is 0 Å². The minimum Gasteiger partial charge on any atom is -0.483 e. The van der Waals surface area contributed by atoms with Crippen molar-refractivity contribution in [3.8, 4) is 5.75 Å². The molecule has 0 spiro atoms. The zero-order valence-corrected chi connectivity index (χ0v) is 12.6. The Morgan fingerprint density at radius 3 is 2.33 bits per heavy atom. The lowest BCUT2D eigenvalue weighted by atomic mass is 10.1. The van der Waals surface area contributed by atoms with Crippen LogP contribution < -0.4 is 10.5 Å². The van der Waals surface area contributed by atoms with Gasteiger partial charge in [-0.2, -0.15) is 0 Å². The molecule has 0 aliphatic heterocycles. The van der Waals surface area contributed by atoms with Crippen LogP contribution in [0.5, 0.6) is 5.75 Å². The monoisotopic (exact) mass is 359 g/mol. The molecular weight excluding hydrogens is 347 g/mol. The minimum absolute atomic E-state index is 0.150. The number of rotatable bonds is 5. The van der Waals surface area contributed by atoms with Gasteiger partial charge in [0.2, 0.25) is 0 Å². The Kier molecular flexibility index (Phi) is 5.25. The topological polar surface area (TPSA) is 35.2 Å². The highest BCUT2D eigenvalue weighted by Gasteiger charge is 2.14. The Balaban J connectivity index is 2.18. The molecule has 2 nitrogen and oxygen atoms in total. The summed E-state index contributed by atoms with van der Waals surface area (Å²) in [5.41, 5.74) is 6.27. The van der Waals surface area contributed by atoms with Crippen LogP contribution in [0, 0.1) is 17.5 Å². The Hall–Kier alpha value is -1.53. The molecule has 0 saturated heterocycles. The summed E-state index contributed by atoms with van der Waals surface area (Å²) in [5, 5.41) is 0. The number of ether oxygens (including phenoxy) is 1. The number of benzene rings is 2. The first-order chi connectivity index (χ1) is 10.0. The number of hydrogen-bond donors (Lipinski definition) is 1. The Morgan fingerprint density at radius 1 is 1.05 bits per heavy atom. The maximum atomic E-state index is 13.8. The first kappa shape index (κ1) is 15.9. The van der Waals surface area contributed by atoms with Crippen molar-refractivity contribution in [1.29, 1.82) is 0 Å². The SMILES string of the molecule is NCCc1cc(F)c(OCc2cccc(F)c2Br)c(F)c1. The summed E-state index contributed by atoms with van der Waals surface area (Å²) in [7, 11) is 0. The molecule has 0 fully saturated rings. The van der Waals surface area contributed by atoms with E-state index in [2.05, 4.69) is 15.9 Å². The van der Waals surface area contributed by atoms with Crippen molar-refractivity contribution in [3.05, 3.63) is 63.4 Å². The van der Waals surface area contributed by atoms with E-state index in [0.717, 1.165) is 0 Å². The summed E-state index contributed by atoms with van der Waals surface area (Å²) < 4.78 is 46.3. The van der Waals surface area contributed by atoms with Gasteiger partial charge in [-0.3, -0.25) is 0 Å². The molecule has 2 aromatic carbocycles. The van der Waals surface area contributed by atoms with Crippen molar-refractivity contribution in [2.24, 2.45) is 5.73 Å². The number of halogens is 4. The van der Waals surface area contributed by atoms with E-state index < -0.39 is 23.2 Å². The molecule has 0 aliphatic rings. The largest absolute Gasteiger partial charge is 0.483 e. The molecule has 0 amide bonds. The van der Waals surface area contributed by atoms with E-state index in [9.17, 15) is 13.2 Å². The third kappa shape index (κ3) is 3.77. The summed E-state index contributed by atoms with van der Waals surface area (Å²) in [6, 6.07) is 6.75. The van der Waals surface area contributed by atoms with Crippen LogP contribution in [0.4, 0.5) is 13.2 Å². The van der Waals surface area contributed by atoms with Crippen LogP contribution in [0.1, 0.15) is 11.1 Å². The quantitative estimate of drug-likeness (QED) is 0.877. The van der Waals surface area contributed by atoms with Gasteiger partial charge in [0.25, 0.3) is 0 Å². The molecule has 6 heteroatoms. The lowest BCUT2D eigenvalue weighted by Crippen LogP contribution is -2.06. The van der Waals surface area contributed by atoms with Crippen molar-refractivity contribution < 1.29 is 17.9 Å². The Labute approximate surface area is 128 Å². The van der Waals surface area contributed by atoms with Crippen molar-refractivity contribution in [2.75, 3.05) is 6.54 Å². The van der Waals surface area contributed by atoms with E-state index in [4.69, 9.17) is 10.5 Å². The van der Waals surface area contributed by atoms with Gasteiger partial charge in [0.15, 0.2) is 17.4 Å². The fraction of sp³-hybridized carbons (Fsp3) is 0.200. The molecule has 112 valence electrons. The van der Waals surface area contributed by atoms with E-state index in [1.807, 2.05) is 0 Å². The average molecular weight is 360 g/mol. The van der Waals surface area contributed by atoms with Crippen molar-refractivity contribution in [1.82, 2.24) is 0 Å². The summed E-state index contributed by atoms with van der Waals surface area (Å²) in [5.74, 6) is -2.54. The smallest absolute Gasteiger partial charge is 0.191 e. The van der Waals surface area contributed by atoms with Crippen LogP contribution in [-0.2, 0) is 13.0 Å². The minimum atomic E-state index is -0.800. The Morgan fingerprint density at radius 2 is 1.71 bits per heavy atom.